The van der Waals surface area contributed by atoms with Crippen LogP contribution in [0.3, 0.4) is 0 Å². The number of aromatic nitrogens is 1. The van der Waals surface area contributed by atoms with Crippen molar-refractivity contribution in [3.8, 4) is 5.75 Å². The number of urea groups is 1. The molecular formula is C32H33Cl2N5O4. The van der Waals surface area contributed by atoms with Gasteiger partial charge in [-0.2, -0.15) is 0 Å². The molecule has 0 atom stereocenters. The van der Waals surface area contributed by atoms with E-state index in [-0.39, 0.29) is 24.1 Å². The summed E-state index contributed by atoms with van der Waals surface area (Å²) in [5.74, 6) is 0.0473. The number of nitrogens with zero attached hydrogens (tertiary/aromatic N) is 3. The predicted molar refractivity (Wildman–Crippen MR) is 171 cm³/mol. The Bertz CT molecular complexity index is 1660. The van der Waals surface area contributed by atoms with Crippen LogP contribution in [0, 0.1) is 6.92 Å². The molecule has 4 amide bonds. The zero-order valence-corrected chi connectivity index (χ0v) is 25.9. The molecule has 0 fully saturated rings. The number of ether oxygens (including phenoxy) is 1. The first-order valence-corrected chi connectivity index (χ1v) is 14.5. The summed E-state index contributed by atoms with van der Waals surface area (Å²) in [6.45, 7) is 6.63. The van der Waals surface area contributed by atoms with Gasteiger partial charge in [-0.15, -0.1) is 0 Å². The fraction of sp³-hybridized carbons (Fsp3) is 0.250. The number of likely N-dealkylation sites (N-methyl/N-ethyl adjacent to an activating group) is 1. The molecule has 11 heteroatoms. The average Bonchev–Trinajstić information content (AvgIpc) is 3.00. The Morgan fingerprint density at radius 3 is 2.44 bits per heavy atom. The normalized spacial score (nSPS) is 10.7. The highest BCUT2D eigenvalue weighted by Crippen LogP contribution is 2.35. The summed E-state index contributed by atoms with van der Waals surface area (Å²) < 4.78 is 6.08. The maximum absolute atomic E-state index is 13.0. The Morgan fingerprint density at radius 1 is 0.953 bits per heavy atom. The summed E-state index contributed by atoms with van der Waals surface area (Å²) in [7, 11) is 1.56. The van der Waals surface area contributed by atoms with E-state index >= 15 is 0 Å². The second kappa shape index (κ2) is 14.2. The van der Waals surface area contributed by atoms with Crippen molar-refractivity contribution in [1.82, 2.24) is 15.2 Å². The monoisotopic (exact) mass is 621 g/mol. The quantitative estimate of drug-likeness (QED) is 0.205. The number of nitrogens with one attached hydrogen (secondary N) is 2. The highest BCUT2D eigenvalue weighted by atomic mass is 35.5. The van der Waals surface area contributed by atoms with E-state index in [2.05, 4.69) is 15.6 Å². The second-order valence-electron chi connectivity index (χ2n) is 9.75. The van der Waals surface area contributed by atoms with Crippen LogP contribution in [0.1, 0.15) is 35.5 Å². The smallest absolute Gasteiger partial charge is 0.319 e. The lowest BCUT2D eigenvalue weighted by atomic mass is 10.1. The molecule has 3 aromatic carbocycles. The Kier molecular flexibility index (Phi) is 10.4. The Morgan fingerprint density at radius 2 is 1.70 bits per heavy atom. The first kappa shape index (κ1) is 31.6. The van der Waals surface area contributed by atoms with Gasteiger partial charge in [0, 0.05) is 53.1 Å². The van der Waals surface area contributed by atoms with Gasteiger partial charge in [0.05, 0.1) is 17.3 Å². The van der Waals surface area contributed by atoms with Crippen molar-refractivity contribution in [2.24, 2.45) is 0 Å². The number of aryl methyl sites for hydroxylation is 1. The molecule has 0 aliphatic rings. The highest BCUT2D eigenvalue weighted by molar-refractivity contribution is 6.38. The number of hydrogen-bond donors (Lipinski definition) is 2. The number of para-hydroxylation sites is 1. The van der Waals surface area contributed by atoms with Crippen LogP contribution in [0.15, 0.2) is 66.7 Å². The zero-order chi connectivity index (χ0) is 31.1. The Labute approximate surface area is 260 Å². The lowest BCUT2D eigenvalue weighted by Crippen LogP contribution is -2.40. The molecule has 4 rings (SSSR count). The number of pyridine rings is 1. The van der Waals surface area contributed by atoms with Gasteiger partial charge < -0.3 is 25.2 Å². The number of rotatable bonds is 10. The number of amides is 4. The molecule has 2 N–H and O–H groups in total. The molecule has 1 aromatic heterocycles. The van der Waals surface area contributed by atoms with E-state index in [0.29, 0.717) is 46.4 Å². The van der Waals surface area contributed by atoms with Crippen molar-refractivity contribution in [3.63, 3.8) is 0 Å². The molecule has 43 heavy (non-hydrogen) atoms. The minimum Gasteiger partial charge on any atom is -0.487 e. The molecule has 0 spiro atoms. The minimum absolute atomic E-state index is 0.0543. The molecule has 0 radical (unpaired) electrons. The van der Waals surface area contributed by atoms with Crippen LogP contribution in [-0.2, 0) is 11.4 Å². The van der Waals surface area contributed by atoms with Gasteiger partial charge >= 0.3 is 6.03 Å². The maximum Gasteiger partial charge on any atom is 0.319 e. The van der Waals surface area contributed by atoms with Gasteiger partial charge in [-0.1, -0.05) is 47.5 Å². The van der Waals surface area contributed by atoms with Gasteiger partial charge in [0.15, 0.2) is 0 Å². The van der Waals surface area contributed by atoms with Crippen LogP contribution < -0.4 is 20.3 Å². The summed E-state index contributed by atoms with van der Waals surface area (Å²) in [6, 6.07) is 18.9. The number of carbonyl (C=O) groups is 3. The van der Waals surface area contributed by atoms with Crippen LogP contribution in [0.4, 0.5) is 16.2 Å². The third kappa shape index (κ3) is 7.55. The van der Waals surface area contributed by atoms with E-state index in [9.17, 15) is 14.4 Å². The fourth-order valence-corrected chi connectivity index (χ4v) is 5.07. The molecule has 1 heterocycles. The van der Waals surface area contributed by atoms with Crippen molar-refractivity contribution in [3.05, 3.63) is 93.6 Å². The molecule has 0 aliphatic carbocycles. The van der Waals surface area contributed by atoms with Gasteiger partial charge in [0.2, 0.25) is 5.91 Å². The van der Waals surface area contributed by atoms with E-state index < -0.39 is 11.9 Å². The van der Waals surface area contributed by atoms with Gasteiger partial charge in [0.1, 0.15) is 17.9 Å². The standard InChI is InChI=1S/C32H33Cl2N5O4/c1-5-39(6-2)31(41)22-10-7-11-23(17-22)37-32(42)35-18-28(40)38(4)26-16-15-25(33)24(29(26)34)19-43-27-12-8-9-21-14-13-20(3)36-30(21)27/h7-17H,5-6,18-19H2,1-4H3,(H2,35,37,42). The molecule has 0 saturated heterocycles. The third-order valence-corrected chi connectivity index (χ3v) is 7.69. The summed E-state index contributed by atoms with van der Waals surface area (Å²) in [6.07, 6.45) is 0. The molecule has 0 unspecified atom stereocenters. The van der Waals surface area contributed by atoms with Crippen LogP contribution >= 0.6 is 23.2 Å². The third-order valence-electron chi connectivity index (χ3n) is 6.91. The molecular weight excluding hydrogens is 589 g/mol. The average molecular weight is 623 g/mol. The van der Waals surface area contributed by atoms with Gasteiger partial charge in [0.25, 0.3) is 5.91 Å². The van der Waals surface area contributed by atoms with Gasteiger partial charge in [-0.3, -0.25) is 9.59 Å². The number of fused-ring (bicyclic) bond motifs is 1. The topological polar surface area (TPSA) is 104 Å². The van der Waals surface area contributed by atoms with Crippen LogP contribution in [0.5, 0.6) is 5.75 Å². The summed E-state index contributed by atoms with van der Waals surface area (Å²) in [4.78, 5) is 45.8. The zero-order valence-electron chi connectivity index (χ0n) is 24.4. The number of anilines is 2. The van der Waals surface area contributed by atoms with Crippen molar-refractivity contribution in [2.75, 3.05) is 36.9 Å². The SMILES string of the molecule is CCN(CC)C(=O)c1cccc(NC(=O)NCC(=O)N(C)c2ccc(Cl)c(COc3cccc4ccc(C)nc34)c2Cl)c1. The fourth-order valence-electron chi connectivity index (χ4n) is 4.47. The van der Waals surface area contributed by atoms with Crippen LogP contribution in [-0.4, -0.2) is 54.4 Å². The van der Waals surface area contributed by atoms with Crippen molar-refractivity contribution >= 4 is 63.3 Å². The highest BCUT2D eigenvalue weighted by Gasteiger charge is 2.20. The molecule has 224 valence electrons. The first-order chi connectivity index (χ1) is 20.6. The van der Waals surface area contributed by atoms with E-state index in [1.54, 1.807) is 48.3 Å². The lowest BCUT2D eigenvalue weighted by molar-refractivity contribution is -0.117. The number of benzene rings is 3. The maximum atomic E-state index is 13.0. The Hall–Kier alpha value is -4.34. The van der Waals surface area contributed by atoms with Crippen molar-refractivity contribution < 1.29 is 19.1 Å². The largest absolute Gasteiger partial charge is 0.487 e. The van der Waals surface area contributed by atoms with Crippen LogP contribution in [0.2, 0.25) is 10.0 Å². The van der Waals surface area contributed by atoms with E-state index in [1.165, 1.54) is 4.90 Å². The number of hydrogen-bond acceptors (Lipinski definition) is 5. The first-order valence-electron chi connectivity index (χ1n) is 13.8. The number of carbonyl (C=O) groups excluding carboxylic acids is 3. The molecule has 0 bridgehead atoms. The summed E-state index contributed by atoms with van der Waals surface area (Å²) in [5.41, 5.74) is 3.40. The van der Waals surface area contributed by atoms with Gasteiger partial charge in [-0.05, 0) is 63.2 Å². The second-order valence-corrected chi connectivity index (χ2v) is 10.5. The molecule has 4 aromatic rings. The van der Waals surface area contributed by atoms with Crippen LogP contribution in [0.25, 0.3) is 10.9 Å². The Balaban J connectivity index is 1.39. The van der Waals surface area contributed by atoms with Crippen molar-refractivity contribution in [2.45, 2.75) is 27.4 Å². The summed E-state index contributed by atoms with van der Waals surface area (Å²) >= 11 is 13.2. The van der Waals surface area contributed by atoms with Crippen molar-refractivity contribution in [1.29, 1.82) is 0 Å². The molecule has 0 aliphatic heterocycles. The van der Waals surface area contributed by atoms with E-state index in [1.807, 2.05) is 51.1 Å². The lowest BCUT2D eigenvalue weighted by Gasteiger charge is -2.21. The predicted octanol–water partition coefficient (Wildman–Crippen LogP) is 6.70. The van der Waals surface area contributed by atoms with E-state index in [4.69, 9.17) is 27.9 Å². The molecule has 0 saturated carbocycles. The van der Waals surface area contributed by atoms with E-state index in [0.717, 1.165) is 16.6 Å². The summed E-state index contributed by atoms with van der Waals surface area (Å²) in [5, 5.41) is 6.80. The minimum atomic E-state index is -0.593. The van der Waals surface area contributed by atoms with Gasteiger partial charge in [-0.25, -0.2) is 9.78 Å². The molecule has 9 nitrogen and oxygen atoms in total. The number of halogens is 2.